The summed E-state index contributed by atoms with van der Waals surface area (Å²) < 4.78 is 11.0. The van der Waals surface area contributed by atoms with Crippen LogP contribution in [0.25, 0.3) is 11.0 Å². The third-order valence-electron chi connectivity index (χ3n) is 4.76. The minimum atomic E-state index is -0.116. The highest BCUT2D eigenvalue weighted by atomic mass is 32.2. The maximum absolute atomic E-state index is 12.2. The Kier molecular flexibility index (Phi) is 4.53. The van der Waals surface area contributed by atoms with Crippen LogP contribution >= 0.6 is 11.8 Å². The number of nitriles is 1. The van der Waals surface area contributed by atoms with E-state index in [1.54, 1.807) is 6.07 Å². The molecule has 0 N–H and O–H groups in total. The zero-order valence-electron chi connectivity index (χ0n) is 15.0. The lowest BCUT2D eigenvalue weighted by atomic mass is 10.0. The minimum absolute atomic E-state index is 0.00786. The molecule has 2 aliphatic rings. The van der Waals surface area contributed by atoms with E-state index in [9.17, 15) is 14.9 Å². The second-order valence-corrected chi connectivity index (χ2v) is 8.12. The van der Waals surface area contributed by atoms with Crippen LogP contribution in [-0.2, 0) is 4.74 Å². The number of rotatable bonds is 3. The first-order valence-electron chi connectivity index (χ1n) is 8.69. The zero-order valence-corrected chi connectivity index (χ0v) is 15.8. The fraction of sp³-hybridized carbons (Fsp3) is 0.444. The highest BCUT2D eigenvalue weighted by Gasteiger charge is 2.34. The van der Waals surface area contributed by atoms with E-state index in [-0.39, 0.29) is 22.2 Å². The highest BCUT2D eigenvalue weighted by molar-refractivity contribution is 8.14. The summed E-state index contributed by atoms with van der Waals surface area (Å²) in [5.74, 6) is 0.355. The van der Waals surface area contributed by atoms with Crippen molar-refractivity contribution in [2.45, 2.75) is 25.2 Å². The molecule has 2 aliphatic heterocycles. The van der Waals surface area contributed by atoms with Gasteiger partial charge in [0.1, 0.15) is 11.6 Å². The van der Waals surface area contributed by atoms with E-state index in [2.05, 4.69) is 11.2 Å². The van der Waals surface area contributed by atoms with Crippen molar-refractivity contribution in [1.82, 2.24) is 5.16 Å². The number of amides is 1. The van der Waals surface area contributed by atoms with E-state index < -0.39 is 0 Å². The summed E-state index contributed by atoms with van der Waals surface area (Å²) in [7, 11) is 0. The number of morpholine rings is 1. The predicted molar refractivity (Wildman–Crippen MR) is 102 cm³/mol. The van der Waals surface area contributed by atoms with Gasteiger partial charge in [0.05, 0.1) is 23.8 Å². The van der Waals surface area contributed by atoms with Gasteiger partial charge in [0.15, 0.2) is 17.7 Å². The van der Waals surface area contributed by atoms with Crippen LogP contribution in [0.2, 0.25) is 0 Å². The first-order valence-corrected chi connectivity index (χ1v) is 9.57. The van der Waals surface area contributed by atoms with Gasteiger partial charge < -0.3 is 14.2 Å². The number of nitrogens with zero attached hydrogens (tertiary/aromatic N) is 4. The highest BCUT2D eigenvalue weighted by Crippen LogP contribution is 2.39. The second kappa shape index (κ2) is 6.87. The fourth-order valence-electron chi connectivity index (χ4n) is 3.60. The van der Waals surface area contributed by atoms with Gasteiger partial charge in [-0.05, 0) is 13.0 Å². The van der Waals surface area contributed by atoms with Crippen LogP contribution in [0.15, 0.2) is 10.6 Å². The van der Waals surface area contributed by atoms with Crippen LogP contribution in [-0.4, -0.2) is 54.3 Å². The lowest BCUT2D eigenvalue weighted by Gasteiger charge is -2.34. The molecule has 27 heavy (non-hydrogen) atoms. The van der Waals surface area contributed by atoms with E-state index in [4.69, 9.17) is 9.26 Å². The minimum Gasteiger partial charge on any atom is -0.375 e. The summed E-state index contributed by atoms with van der Waals surface area (Å²) >= 11 is 1.23. The molecule has 2 unspecified atom stereocenters. The molecule has 8 nitrogen and oxygen atoms in total. The maximum Gasteiger partial charge on any atom is 0.287 e. The van der Waals surface area contributed by atoms with Crippen molar-refractivity contribution in [1.29, 1.82) is 5.26 Å². The van der Waals surface area contributed by atoms with E-state index in [0.717, 1.165) is 6.29 Å². The molecule has 0 spiro atoms. The SMILES string of the molecule is CC1CN(c2c(C=O)cc3c(N4CC(C)SC4=O)noc3c2C#N)CCO1. The van der Waals surface area contributed by atoms with Crippen molar-refractivity contribution in [3.63, 3.8) is 0 Å². The van der Waals surface area contributed by atoms with Gasteiger partial charge in [-0.1, -0.05) is 23.8 Å². The Morgan fingerprint density at radius 2 is 2.22 bits per heavy atom. The molecule has 4 rings (SSSR count). The van der Waals surface area contributed by atoms with Crippen LogP contribution in [0, 0.1) is 11.3 Å². The number of thioether (sulfide) groups is 1. The molecule has 1 aromatic heterocycles. The van der Waals surface area contributed by atoms with Gasteiger partial charge in [0.2, 0.25) is 0 Å². The number of fused-ring (bicyclic) bond motifs is 1. The Morgan fingerprint density at radius 1 is 1.41 bits per heavy atom. The van der Waals surface area contributed by atoms with Gasteiger partial charge >= 0.3 is 0 Å². The number of ether oxygens (including phenoxy) is 1. The molecular weight excluding hydrogens is 368 g/mol. The Balaban J connectivity index is 1.88. The van der Waals surface area contributed by atoms with Crippen LogP contribution in [0.3, 0.4) is 0 Å². The summed E-state index contributed by atoms with van der Waals surface area (Å²) in [5.41, 5.74) is 1.47. The summed E-state index contributed by atoms with van der Waals surface area (Å²) in [4.78, 5) is 27.6. The van der Waals surface area contributed by atoms with Crippen molar-refractivity contribution < 1.29 is 18.8 Å². The lowest BCUT2D eigenvalue weighted by Crippen LogP contribution is -2.42. The van der Waals surface area contributed by atoms with Gasteiger partial charge in [0, 0.05) is 30.4 Å². The summed E-state index contributed by atoms with van der Waals surface area (Å²) in [6, 6.07) is 3.82. The molecule has 3 heterocycles. The molecule has 2 fully saturated rings. The Labute approximate surface area is 160 Å². The average Bonchev–Trinajstić information content (AvgIpc) is 3.21. The molecule has 2 saturated heterocycles. The number of aldehydes is 1. The topological polar surface area (TPSA) is 99.7 Å². The van der Waals surface area contributed by atoms with E-state index in [0.29, 0.717) is 54.3 Å². The van der Waals surface area contributed by atoms with Crippen molar-refractivity contribution >= 4 is 45.8 Å². The first kappa shape index (κ1) is 17.8. The number of benzene rings is 1. The van der Waals surface area contributed by atoms with E-state index in [1.165, 1.54) is 16.7 Å². The van der Waals surface area contributed by atoms with Gasteiger partial charge in [0.25, 0.3) is 5.24 Å². The van der Waals surface area contributed by atoms with E-state index >= 15 is 0 Å². The second-order valence-electron chi connectivity index (χ2n) is 6.73. The number of carbonyl (C=O) groups excluding carboxylic acids is 2. The molecular formula is C18H18N4O4S. The third kappa shape index (κ3) is 2.95. The molecule has 0 bridgehead atoms. The molecule has 0 saturated carbocycles. The lowest BCUT2D eigenvalue weighted by molar-refractivity contribution is 0.0531. The van der Waals surface area contributed by atoms with Crippen molar-refractivity contribution in [2.24, 2.45) is 0 Å². The molecule has 1 amide bonds. The van der Waals surface area contributed by atoms with Crippen molar-refractivity contribution in [2.75, 3.05) is 36.0 Å². The molecule has 0 radical (unpaired) electrons. The fourth-order valence-corrected chi connectivity index (χ4v) is 4.46. The predicted octanol–water partition coefficient (Wildman–Crippen LogP) is 2.80. The molecule has 9 heteroatoms. The smallest absolute Gasteiger partial charge is 0.287 e. The number of anilines is 2. The molecule has 140 valence electrons. The van der Waals surface area contributed by atoms with Gasteiger partial charge in [-0.2, -0.15) is 5.26 Å². The summed E-state index contributed by atoms with van der Waals surface area (Å²) in [6.07, 6.45) is 0.724. The van der Waals surface area contributed by atoms with Crippen LogP contribution in [0.1, 0.15) is 29.8 Å². The molecule has 1 aromatic carbocycles. The van der Waals surface area contributed by atoms with Gasteiger partial charge in [-0.3, -0.25) is 14.5 Å². The summed E-state index contributed by atoms with van der Waals surface area (Å²) in [6.45, 7) is 6.07. The van der Waals surface area contributed by atoms with Gasteiger partial charge in [-0.15, -0.1) is 0 Å². The Bertz CT molecular complexity index is 966. The average molecular weight is 386 g/mol. The quantitative estimate of drug-likeness (QED) is 0.743. The monoisotopic (exact) mass is 386 g/mol. The Morgan fingerprint density at radius 3 is 2.85 bits per heavy atom. The van der Waals surface area contributed by atoms with Crippen molar-refractivity contribution in [3.05, 3.63) is 17.2 Å². The number of hydrogen-bond acceptors (Lipinski definition) is 8. The van der Waals surface area contributed by atoms with Crippen molar-refractivity contribution in [3.8, 4) is 6.07 Å². The third-order valence-corrected chi connectivity index (χ3v) is 5.73. The van der Waals surface area contributed by atoms with Crippen LogP contribution in [0.4, 0.5) is 16.3 Å². The number of carbonyl (C=O) groups is 2. The largest absolute Gasteiger partial charge is 0.375 e. The Hall–Kier alpha value is -2.57. The number of hydrogen-bond donors (Lipinski definition) is 0. The van der Waals surface area contributed by atoms with Crippen LogP contribution < -0.4 is 9.80 Å². The van der Waals surface area contributed by atoms with Crippen LogP contribution in [0.5, 0.6) is 0 Å². The van der Waals surface area contributed by atoms with E-state index in [1.807, 2.05) is 18.7 Å². The molecule has 2 aromatic rings. The molecule has 2 atom stereocenters. The zero-order chi connectivity index (χ0) is 19.1. The first-order chi connectivity index (χ1) is 13.0. The van der Waals surface area contributed by atoms with Gasteiger partial charge in [-0.25, -0.2) is 0 Å². The maximum atomic E-state index is 12.2. The molecule has 0 aliphatic carbocycles. The standard InChI is InChI=1S/C18H18N4O4S/c1-10-7-21(3-4-25-10)15-12(9-23)5-13-16(14(15)6-19)26-20-17(13)22-8-11(2)27-18(22)24/h5,9-11H,3-4,7-8H2,1-2H3. The normalized spacial score (nSPS) is 23.1. The summed E-state index contributed by atoms with van der Waals surface area (Å²) in [5, 5.41) is 14.4. The number of aromatic nitrogens is 1.